The third-order valence-corrected chi connectivity index (χ3v) is 3.77. The second-order valence-corrected chi connectivity index (χ2v) is 5.42. The Morgan fingerprint density at radius 3 is 2.47 bits per heavy atom. The molecule has 0 bridgehead atoms. The van der Waals surface area contributed by atoms with E-state index < -0.39 is 0 Å². The summed E-state index contributed by atoms with van der Waals surface area (Å²) < 4.78 is 1.07. The summed E-state index contributed by atoms with van der Waals surface area (Å²) in [4.78, 5) is 2.31. The summed E-state index contributed by atoms with van der Waals surface area (Å²) in [6.07, 6.45) is 0. The Bertz CT molecular complexity index is 566. The van der Waals surface area contributed by atoms with E-state index in [4.69, 9.17) is 5.73 Å². The van der Waals surface area contributed by atoms with Crippen LogP contribution in [-0.2, 0) is 6.54 Å². The number of nitrogens with two attached hydrogens (primary N) is 1. The Hall–Kier alpha value is -1.32. The maximum atomic E-state index is 5.88. The first-order valence-electron chi connectivity index (χ1n) is 6.49. The van der Waals surface area contributed by atoms with Crippen LogP contribution in [0.2, 0.25) is 0 Å². The summed E-state index contributed by atoms with van der Waals surface area (Å²) in [7, 11) is 0. The van der Waals surface area contributed by atoms with E-state index >= 15 is 0 Å². The van der Waals surface area contributed by atoms with Gasteiger partial charge in [-0.2, -0.15) is 0 Å². The quantitative estimate of drug-likeness (QED) is 0.906. The molecular weight excluding hydrogens is 300 g/mol. The summed E-state index contributed by atoms with van der Waals surface area (Å²) in [5.41, 5.74) is 10.7. The Kier molecular flexibility index (Phi) is 4.61. The predicted molar refractivity (Wildman–Crippen MR) is 85.9 cm³/mol. The smallest absolute Gasteiger partial charge is 0.0457 e. The van der Waals surface area contributed by atoms with Crippen LogP contribution >= 0.6 is 15.9 Å². The largest absolute Gasteiger partial charge is 0.341 e. The number of nitrogens with zero attached hydrogens (tertiary/aromatic N) is 1. The van der Waals surface area contributed by atoms with Gasteiger partial charge in [0.1, 0.15) is 0 Å². The van der Waals surface area contributed by atoms with Crippen molar-refractivity contribution in [2.75, 3.05) is 11.4 Å². The van der Waals surface area contributed by atoms with E-state index in [0.717, 1.165) is 16.6 Å². The SMILES string of the molecule is CCN(c1ccccc1C)c1ccc(Br)cc1CN. The van der Waals surface area contributed by atoms with Crippen molar-refractivity contribution in [2.24, 2.45) is 5.73 Å². The van der Waals surface area contributed by atoms with Crippen molar-refractivity contribution in [2.45, 2.75) is 20.4 Å². The van der Waals surface area contributed by atoms with Crippen LogP contribution in [0.1, 0.15) is 18.1 Å². The fourth-order valence-corrected chi connectivity index (χ4v) is 2.73. The molecule has 2 rings (SSSR count). The molecule has 2 aromatic carbocycles. The maximum Gasteiger partial charge on any atom is 0.0457 e. The van der Waals surface area contributed by atoms with E-state index in [-0.39, 0.29) is 0 Å². The molecule has 0 unspecified atom stereocenters. The summed E-state index contributed by atoms with van der Waals surface area (Å²) in [6, 6.07) is 14.7. The van der Waals surface area contributed by atoms with Crippen LogP contribution in [0.5, 0.6) is 0 Å². The Labute approximate surface area is 123 Å². The molecule has 19 heavy (non-hydrogen) atoms. The number of rotatable bonds is 4. The lowest BCUT2D eigenvalue weighted by molar-refractivity contribution is 0.977. The lowest BCUT2D eigenvalue weighted by atomic mass is 10.1. The molecule has 2 aromatic rings. The van der Waals surface area contributed by atoms with Gasteiger partial charge in [0.25, 0.3) is 0 Å². The monoisotopic (exact) mass is 318 g/mol. The van der Waals surface area contributed by atoms with Gasteiger partial charge in [-0.25, -0.2) is 0 Å². The fourth-order valence-electron chi connectivity index (χ4n) is 2.32. The zero-order valence-corrected chi connectivity index (χ0v) is 12.9. The molecular formula is C16H19BrN2. The van der Waals surface area contributed by atoms with E-state index in [1.807, 2.05) is 0 Å². The molecule has 0 saturated carbocycles. The number of hydrogen-bond donors (Lipinski definition) is 1. The van der Waals surface area contributed by atoms with Crippen LogP contribution in [0, 0.1) is 6.92 Å². The third kappa shape index (κ3) is 2.99. The molecule has 0 aliphatic heterocycles. The Balaban J connectivity index is 2.51. The number of para-hydroxylation sites is 1. The number of hydrogen-bond acceptors (Lipinski definition) is 2. The molecule has 0 atom stereocenters. The summed E-state index contributed by atoms with van der Waals surface area (Å²) in [5.74, 6) is 0. The van der Waals surface area contributed by atoms with Gasteiger partial charge in [0.2, 0.25) is 0 Å². The maximum absolute atomic E-state index is 5.88. The third-order valence-electron chi connectivity index (χ3n) is 3.27. The number of benzene rings is 2. The molecule has 0 spiro atoms. The fraction of sp³-hybridized carbons (Fsp3) is 0.250. The minimum Gasteiger partial charge on any atom is -0.341 e. The van der Waals surface area contributed by atoms with E-state index in [2.05, 4.69) is 77.1 Å². The Morgan fingerprint density at radius 1 is 1.11 bits per heavy atom. The zero-order chi connectivity index (χ0) is 13.8. The highest BCUT2D eigenvalue weighted by atomic mass is 79.9. The van der Waals surface area contributed by atoms with Gasteiger partial charge in [-0.05, 0) is 49.2 Å². The summed E-state index contributed by atoms with van der Waals surface area (Å²) in [6.45, 7) is 5.75. The molecule has 2 nitrogen and oxygen atoms in total. The lowest BCUT2D eigenvalue weighted by Crippen LogP contribution is -2.19. The zero-order valence-electron chi connectivity index (χ0n) is 11.4. The lowest BCUT2D eigenvalue weighted by Gasteiger charge is -2.27. The molecule has 100 valence electrons. The first-order chi connectivity index (χ1) is 9.17. The van der Waals surface area contributed by atoms with Crippen molar-refractivity contribution in [1.82, 2.24) is 0 Å². The number of anilines is 2. The number of halogens is 1. The van der Waals surface area contributed by atoms with Crippen LogP contribution in [0.15, 0.2) is 46.9 Å². The highest BCUT2D eigenvalue weighted by Crippen LogP contribution is 2.32. The van der Waals surface area contributed by atoms with Crippen molar-refractivity contribution >= 4 is 27.3 Å². The average Bonchev–Trinajstić information content (AvgIpc) is 2.43. The molecule has 0 aliphatic rings. The number of aryl methyl sites for hydroxylation is 1. The molecule has 2 N–H and O–H groups in total. The van der Waals surface area contributed by atoms with Crippen LogP contribution < -0.4 is 10.6 Å². The van der Waals surface area contributed by atoms with E-state index in [1.54, 1.807) is 0 Å². The van der Waals surface area contributed by atoms with Gasteiger partial charge < -0.3 is 10.6 Å². The van der Waals surface area contributed by atoms with E-state index in [0.29, 0.717) is 6.54 Å². The first kappa shape index (κ1) is 14.1. The van der Waals surface area contributed by atoms with Crippen LogP contribution in [0.25, 0.3) is 0 Å². The molecule has 0 saturated heterocycles. The van der Waals surface area contributed by atoms with Crippen molar-refractivity contribution < 1.29 is 0 Å². The van der Waals surface area contributed by atoms with Gasteiger partial charge >= 0.3 is 0 Å². The average molecular weight is 319 g/mol. The van der Waals surface area contributed by atoms with Gasteiger partial charge in [0, 0.05) is 28.9 Å². The first-order valence-corrected chi connectivity index (χ1v) is 7.28. The summed E-state index contributed by atoms with van der Waals surface area (Å²) >= 11 is 3.50. The van der Waals surface area contributed by atoms with Crippen LogP contribution in [0.3, 0.4) is 0 Å². The van der Waals surface area contributed by atoms with Crippen molar-refractivity contribution in [3.63, 3.8) is 0 Å². The molecule has 0 aromatic heterocycles. The molecule has 0 fully saturated rings. The summed E-state index contributed by atoms with van der Waals surface area (Å²) in [5, 5.41) is 0. The van der Waals surface area contributed by atoms with E-state index in [1.165, 1.54) is 16.9 Å². The molecule has 3 heteroatoms. The molecule has 0 aliphatic carbocycles. The molecule has 0 amide bonds. The minimum absolute atomic E-state index is 0.539. The van der Waals surface area contributed by atoms with Crippen molar-refractivity contribution in [3.8, 4) is 0 Å². The highest BCUT2D eigenvalue weighted by molar-refractivity contribution is 9.10. The normalized spacial score (nSPS) is 10.5. The highest BCUT2D eigenvalue weighted by Gasteiger charge is 2.13. The predicted octanol–water partition coefficient (Wildman–Crippen LogP) is 4.37. The molecule has 0 heterocycles. The van der Waals surface area contributed by atoms with Crippen molar-refractivity contribution in [1.29, 1.82) is 0 Å². The van der Waals surface area contributed by atoms with Gasteiger partial charge in [-0.15, -0.1) is 0 Å². The van der Waals surface area contributed by atoms with Crippen molar-refractivity contribution in [3.05, 3.63) is 58.1 Å². The second-order valence-electron chi connectivity index (χ2n) is 4.51. The van der Waals surface area contributed by atoms with Crippen LogP contribution in [-0.4, -0.2) is 6.54 Å². The minimum atomic E-state index is 0.539. The van der Waals surface area contributed by atoms with Gasteiger partial charge in [0.05, 0.1) is 0 Å². The van der Waals surface area contributed by atoms with Gasteiger partial charge in [-0.1, -0.05) is 34.1 Å². The Morgan fingerprint density at radius 2 is 1.84 bits per heavy atom. The second kappa shape index (κ2) is 6.22. The molecule has 0 radical (unpaired) electrons. The van der Waals surface area contributed by atoms with Gasteiger partial charge in [0.15, 0.2) is 0 Å². The van der Waals surface area contributed by atoms with Crippen LogP contribution in [0.4, 0.5) is 11.4 Å². The topological polar surface area (TPSA) is 29.3 Å². The standard InChI is InChI=1S/C16H19BrN2/c1-3-19(15-7-5-4-6-12(15)2)16-9-8-14(17)10-13(16)11-18/h4-10H,3,11,18H2,1-2H3. The van der Waals surface area contributed by atoms with E-state index in [9.17, 15) is 0 Å². The van der Waals surface area contributed by atoms with Gasteiger partial charge in [-0.3, -0.25) is 0 Å².